The number of nitrogens with zero attached hydrogens (tertiary/aromatic N) is 3. The first-order valence-electron chi connectivity index (χ1n) is 11.6. The van der Waals surface area contributed by atoms with Gasteiger partial charge in [0.2, 0.25) is 5.88 Å². The van der Waals surface area contributed by atoms with Gasteiger partial charge in [-0.25, -0.2) is 9.97 Å². The normalized spacial score (nSPS) is 14.7. The van der Waals surface area contributed by atoms with Crippen molar-refractivity contribution in [3.8, 4) is 17.4 Å². The Morgan fingerprint density at radius 3 is 2.40 bits per heavy atom. The highest BCUT2D eigenvalue weighted by Crippen LogP contribution is 2.38. The van der Waals surface area contributed by atoms with E-state index in [1.54, 1.807) is 14.2 Å². The zero-order valence-corrected chi connectivity index (χ0v) is 20.7. The number of ether oxygens (including phenoxy) is 3. The summed E-state index contributed by atoms with van der Waals surface area (Å²) >= 11 is 0. The lowest BCUT2D eigenvalue weighted by atomic mass is 10.1. The van der Waals surface area contributed by atoms with Gasteiger partial charge < -0.3 is 33.9 Å². The Morgan fingerprint density at radius 1 is 1.03 bits per heavy atom. The van der Waals surface area contributed by atoms with Crippen LogP contribution in [0.15, 0.2) is 42.7 Å². The van der Waals surface area contributed by atoms with E-state index in [2.05, 4.69) is 9.88 Å². The van der Waals surface area contributed by atoms with E-state index in [0.29, 0.717) is 29.4 Å². The molecule has 3 heterocycles. The van der Waals surface area contributed by atoms with Crippen LogP contribution >= 0.6 is 8.38 Å². The van der Waals surface area contributed by atoms with Crippen LogP contribution in [0.1, 0.15) is 24.0 Å². The highest BCUT2D eigenvalue weighted by atomic mass is 31.2. The standard InChI is InChI=1S/C25H29N4O5P/c1-32-21-11-19-20(12-22(21)33-2)28-25(34-18-7-9-26-10-8-18)23-24(19)29(15-27-23)13-16-3-5-17(6-4-16)14-35(30)31/h3-6,11-12,15,18,26,30-31H,7-10,13-14H2,1-2H3. The van der Waals surface area contributed by atoms with Crippen molar-refractivity contribution in [3.63, 3.8) is 0 Å². The number of benzene rings is 2. The van der Waals surface area contributed by atoms with E-state index in [4.69, 9.17) is 24.2 Å². The zero-order chi connectivity index (χ0) is 24.4. The van der Waals surface area contributed by atoms with E-state index in [0.717, 1.165) is 53.5 Å². The maximum absolute atomic E-state index is 9.29. The molecule has 9 nitrogen and oxygen atoms in total. The summed E-state index contributed by atoms with van der Waals surface area (Å²) < 4.78 is 19.5. The predicted octanol–water partition coefficient (Wildman–Crippen LogP) is 3.58. The van der Waals surface area contributed by atoms with Gasteiger partial charge in [-0.1, -0.05) is 24.3 Å². The number of aromatic nitrogens is 3. The van der Waals surface area contributed by atoms with Crippen molar-refractivity contribution in [2.45, 2.75) is 31.7 Å². The van der Waals surface area contributed by atoms with Gasteiger partial charge in [-0.3, -0.25) is 0 Å². The van der Waals surface area contributed by atoms with Crippen molar-refractivity contribution in [1.82, 2.24) is 19.9 Å². The average Bonchev–Trinajstić information content (AvgIpc) is 3.29. The molecule has 0 radical (unpaired) electrons. The number of piperidine rings is 1. The fraction of sp³-hybridized carbons (Fsp3) is 0.360. The number of imidazole rings is 1. The van der Waals surface area contributed by atoms with Crippen LogP contribution < -0.4 is 19.5 Å². The lowest BCUT2D eigenvalue weighted by Crippen LogP contribution is -2.34. The van der Waals surface area contributed by atoms with Gasteiger partial charge in [0.15, 0.2) is 25.4 Å². The molecule has 0 atom stereocenters. The highest BCUT2D eigenvalue weighted by Gasteiger charge is 2.22. The van der Waals surface area contributed by atoms with Gasteiger partial charge in [0.05, 0.1) is 31.6 Å². The van der Waals surface area contributed by atoms with Crippen LogP contribution in [0, 0.1) is 0 Å². The van der Waals surface area contributed by atoms with E-state index in [9.17, 15) is 9.79 Å². The minimum atomic E-state index is -1.95. The molecule has 0 aliphatic carbocycles. The molecule has 3 N–H and O–H groups in total. The Balaban J connectivity index is 1.59. The van der Waals surface area contributed by atoms with Crippen molar-refractivity contribution in [1.29, 1.82) is 0 Å². The summed E-state index contributed by atoms with van der Waals surface area (Å²) in [5.74, 6) is 1.76. The number of pyridine rings is 1. The Bertz CT molecular complexity index is 1320. The highest BCUT2D eigenvalue weighted by molar-refractivity contribution is 7.44. The molecule has 2 aromatic carbocycles. The molecule has 0 spiro atoms. The van der Waals surface area contributed by atoms with Crippen LogP contribution in [-0.4, -0.2) is 57.7 Å². The third-order valence-electron chi connectivity index (χ3n) is 6.28. The van der Waals surface area contributed by atoms with Crippen LogP contribution in [-0.2, 0) is 12.7 Å². The molecule has 35 heavy (non-hydrogen) atoms. The molecule has 5 rings (SSSR count). The van der Waals surface area contributed by atoms with Crippen molar-refractivity contribution in [2.24, 2.45) is 0 Å². The number of rotatable bonds is 8. The van der Waals surface area contributed by atoms with Crippen molar-refractivity contribution >= 4 is 30.3 Å². The minimum absolute atomic E-state index is 0.0887. The summed E-state index contributed by atoms with van der Waals surface area (Å²) in [6.07, 6.45) is 4.00. The second-order valence-corrected chi connectivity index (χ2v) is 9.69. The molecule has 10 heteroatoms. The van der Waals surface area contributed by atoms with Gasteiger partial charge in [-0.15, -0.1) is 0 Å². The van der Waals surface area contributed by atoms with E-state index < -0.39 is 8.38 Å². The summed E-state index contributed by atoms with van der Waals surface area (Å²) in [5, 5.41) is 4.26. The Hall–Kier alpha value is -2.97. The molecule has 1 saturated heterocycles. The molecule has 1 aliphatic rings. The summed E-state index contributed by atoms with van der Waals surface area (Å²) in [5.41, 5.74) is 4.34. The molecular weight excluding hydrogens is 467 g/mol. The minimum Gasteiger partial charge on any atom is -0.493 e. The predicted molar refractivity (Wildman–Crippen MR) is 135 cm³/mol. The van der Waals surface area contributed by atoms with Crippen molar-refractivity contribution < 1.29 is 24.0 Å². The van der Waals surface area contributed by atoms with Crippen LogP contribution in [0.5, 0.6) is 17.4 Å². The second kappa shape index (κ2) is 10.3. The Kier molecular flexibility index (Phi) is 7.02. The third-order valence-corrected chi connectivity index (χ3v) is 6.93. The first-order chi connectivity index (χ1) is 17.1. The van der Waals surface area contributed by atoms with Crippen molar-refractivity contribution in [2.75, 3.05) is 27.3 Å². The van der Waals surface area contributed by atoms with Gasteiger partial charge >= 0.3 is 0 Å². The summed E-state index contributed by atoms with van der Waals surface area (Å²) in [6, 6.07) is 11.7. The SMILES string of the molecule is COc1cc2nc(OC3CCNCC3)c3ncn(Cc4ccc(CP(O)O)cc4)c3c2cc1OC. The maximum atomic E-state index is 9.29. The average molecular weight is 497 g/mol. The molecule has 0 bridgehead atoms. The zero-order valence-electron chi connectivity index (χ0n) is 19.8. The quantitative estimate of drug-likeness (QED) is 0.318. The molecule has 184 valence electrons. The van der Waals surface area contributed by atoms with Gasteiger partial charge in [-0.2, -0.15) is 0 Å². The van der Waals surface area contributed by atoms with E-state index in [1.807, 2.05) is 42.7 Å². The van der Waals surface area contributed by atoms with Gasteiger partial charge in [0.25, 0.3) is 0 Å². The lowest BCUT2D eigenvalue weighted by molar-refractivity contribution is 0.158. The van der Waals surface area contributed by atoms with Crippen LogP contribution in [0.2, 0.25) is 0 Å². The molecule has 2 aromatic heterocycles. The summed E-state index contributed by atoms with van der Waals surface area (Å²) in [6.45, 7) is 2.43. The molecule has 0 saturated carbocycles. The van der Waals surface area contributed by atoms with Gasteiger partial charge in [0.1, 0.15) is 6.10 Å². The van der Waals surface area contributed by atoms with Gasteiger partial charge in [0, 0.05) is 24.2 Å². The lowest BCUT2D eigenvalue weighted by Gasteiger charge is -2.23. The Labute approximate surface area is 204 Å². The topological polar surface area (TPSA) is 111 Å². The van der Waals surface area contributed by atoms with Crippen LogP contribution in [0.3, 0.4) is 0 Å². The number of nitrogens with one attached hydrogen (secondary N) is 1. The van der Waals surface area contributed by atoms with E-state index >= 15 is 0 Å². The van der Waals surface area contributed by atoms with Crippen LogP contribution in [0.25, 0.3) is 21.9 Å². The molecule has 0 unspecified atom stereocenters. The second-order valence-electron chi connectivity index (χ2n) is 8.63. The fourth-order valence-electron chi connectivity index (χ4n) is 4.52. The molecule has 1 aliphatic heterocycles. The third kappa shape index (κ3) is 5.04. The smallest absolute Gasteiger partial charge is 0.243 e. The largest absolute Gasteiger partial charge is 0.493 e. The number of hydrogen-bond acceptors (Lipinski definition) is 8. The monoisotopic (exact) mass is 496 g/mol. The number of methoxy groups -OCH3 is 2. The summed E-state index contributed by atoms with van der Waals surface area (Å²) in [4.78, 5) is 28.1. The van der Waals surface area contributed by atoms with E-state index in [1.165, 1.54) is 0 Å². The first kappa shape index (κ1) is 23.8. The maximum Gasteiger partial charge on any atom is 0.243 e. The molecule has 0 amide bonds. The number of hydrogen-bond donors (Lipinski definition) is 3. The fourth-order valence-corrected chi connectivity index (χ4v) is 5.05. The molecule has 1 fully saturated rings. The Morgan fingerprint density at radius 2 is 1.71 bits per heavy atom. The number of fused-ring (bicyclic) bond motifs is 3. The van der Waals surface area contributed by atoms with Crippen molar-refractivity contribution in [3.05, 3.63) is 53.9 Å². The first-order valence-corrected chi connectivity index (χ1v) is 13.0. The molecular formula is C25H29N4O5P. The van der Waals surface area contributed by atoms with E-state index in [-0.39, 0.29) is 12.3 Å². The van der Waals surface area contributed by atoms with Crippen LogP contribution in [0.4, 0.5) is 0 Å². The summed E-state index contributed by atoms with van der Waals surface area (Å²) in [7, 11) is 1.28. The van der Waals surface area contributed by atoms with Gasteiger partial charge in [-0.05, 0) is 43.1 Å². The molecule has 4 aromatic rings.